The molecule has 0 unspecified atom stereocenters. The first-order chi connectivity index (χ1) is 9.53. The molecule has 0 fully saturated rings. The molecule has 0 N–H and O–H groups in total. The van der Waals surface area contributed by atoms with Crippen LogP contribution in [-0.4, -0.2) is 17.3 Å². The fraction of sp³-hybridized carbons (Fsp3) is 0.706. The summed E-state index contributed by atoms with van der Waals surface area (Å²) >= 11 is 0. The molecule has 114 valence electrons. The van der Waals surface area contributed by atoms with Gasteiger partial charge in [-0.1, -0.05) is 32.4 Å². The number of carbonyl (C=O) groups excluding carboxylic acids is 3. The highest BCUT2D eigenvalue weighted by atomic mass is 16.1. The van der Waals surface area contributed by atoms with Crippen LogP contribution in [-0.2, 0) is 14.4 Å². The van der Waals surface area contributed by atoms with E-state index in [1.807, 2.05) is 20.8 Å². The van der Waals surface area contributed by atoms with Gasteiger partial charge >= 0.3 is 0 Å². The summed E-state index contributed by atoms with van der Waals surface area (Å²) in [6.45, 7) is 5.90. The van der Waals surface area contributed by atoms with Crippen LogP contribution < -0.4 is 0 Å². The average Bonchev–Trinajstić information content (AvgIpc) is 2.37. The van der Waals surface area contributed by atoms with E-state index in [1.54, 1.807) is 6.08 Å². The molecule has 0 bridgehead atoms. The van der Waals surface area contributed by atoms with Gasteiger partial charge < -0.3 is 0 Å². The fourth-order valence-electron chi connectivity index (χ4n) is 2.09. The van der Waals surface area contributed by atoms with Gasteiger partial charge in [-0.3, -0.25) is 14.4 Å². The van der Waals surface area contributed by atoms with Gasteiger partial charge in [0.25, 0.3) is 0 Å². The van der Waals surface area contributed by atoms with Gasteiger partial charge in [0.15, 0.2) is 0 Å². The predicted molar refractivity (Wildman–Crippen MR) is 81.7 cm³/mol. The Hall–Kier alpha value is -1.25. The summed E-state index contributed by atoms with van der Waals surface area (Å²) in [5.41, 5.74) is 0.825. The first kappa shape index (κ1) is 18.8. The maximum atomic E-state index is 11.7. The Morgan fingerprint density at radius 2 is 1.10 bits per heavy atom. The number of allylic oxidation sites excluding steroid dienone is 2. The number of ketones is 3. The van der Waals surface area contributed by atoms with Gasteiger partial charge in [0.1, 0.15) is 17.3 Å². The standard InChI is InChI=1S/C17H28O3/c1-4-7-15(18)11-10-14(12-16(19)8-5-2)13-17(20)9-6-3/h10H,4-9,11-13H2,1-3H3. The van der Waals surface area contributed by atoms with Crippen LogP contribution in [0.5, 0.6) is 0 Å². The lowest BCUT2D eigenvalue weighted by Crippen LogP contribution is -2.06. The Labute approximate surface area is 122 Å². The smallest absolute Gasteiger partial charge is 0.136 e. The largest absolute Gasteiger partial charge is 0.299 e. The molecule has 0 aromatic heterocycles. The molecule has 0 spiro atoms. The molecule has 0 aromatic carbocycles. The molecule has 0 amide bonds. The topological polar surface area (TPSA) is 51.2 Å². The zero-order chi connectivity index (χ0) is 15.4. The van der Waals surface area contributed by atoms with E-state index in [2.05, 4.69) is 0 Å². The molecule has 0 aliphatic rings. The highest BCUT2D eigenvalue weighted by Gasteiger charge is 2.10. The minimum absolute atomic E-state index is 0.158. The van der Waals surface area contributed by atoms with Crippen LogP contribution in [0.2, 0.25) is 0 Å². The molecular weight excluding hydrogens is 252 g/mol. The third kappa shape index (κ3) is 9.65. The van der Waals surface area contributed by atoms with E-state index in [0.717, 1.165) is 24.8 Å². The van der Waals surface area contributed by atoms with Crippen molar-refractivity contribution < 1.29 is 14.4 Å². The van der Waals surface area contributed by atoms with Crippen molar-refractivity contribution in [1.82, 2.24) is 0 Å². The van der Waals surface area contributed by atoms with Gasteiger partial charge in [0.2, 0.25) is 0 Å². The lowest BCUT2D eigenvalue weighted by molar-refractivity contribution is -0.120. The van der Waals surface area contributed by atoms with Crippen LogP contribution in [0.3, 0.4) is 0 Å². The summed E-state index contributed by atoms with van der Waals surface area (Å²) < 4.78 is 0. The lowest BCUT2D eigenvalue weighted by atomic mass is 9.97. The van der Waals surface area contributed by atoms with Crippen molar-refractivity contribution in [2.24, 2.45) is 0 Å². The highest BCUT2D eigenvalue weighted by molar-refractivity contribution is 5.86. The number of carbonyl (C=O) groups is 3. The van der Waals surface area contributed by atoms with Crippen LogP contribution in [0.4, 0.5) is 0 Å². The second kappa shape index (κ2) is 11.6. The Morgan fingerprint density at radius 3 is 1.50 bits per heavy atom. The molecule has 0 atom stereocenters. The van der Waals surface area contributed by atoms with Crippen molar-refractivity contribution in [3.63, 3.8) is 0 Å². The minimum atomic E-state index is 0.158. The lowest BCUT2D eigenvalue weighted by Gasteiger charge is -2.06. The van der Waals surface area contributed by atoms with Gasteiger partial charge in [-0.25, -0.2) is 0 Å². The Balaban J connectivity index is 4.59. The van der Waals surface area contributed by atoms with E-state index in [1.165, 1.54) is 0 Å². The maximum Gasteiger partial charge on any atom is 0.136 e. The van der Waals surface area contributed by atoms with Crippen molar-refractivity contribution in [3.8, 4) is 0 Å². The predicted octanol–water partition coefficient (Wildman–Crippen LogP) is 4.19. The summed E-state index contributed by atoms with van der Waals surface area (Å²) in [4.78, 5) is 35.0. The summed E-state index contributed by atoms with van der Waals surface area (Å²) in [7, 11) is 0. The highest BCUT2D eigenvalue weighted by Crippen LogP contribution is 2.14. The maximum absolute atomic E-state index is 11.7. The zero-order valence-electron chi connectivity index (χ0n) is 13.2. The van der Waals surface area contributed by atoms with E-state index >= 15 is 0 Å². The fourth-order valence-corrected chi connectivity index (χ4v) is 2.09. The Morgan fingerprint density at radius 1 is 0.700 bits per heavy atom. The first-order valence-electron chi connectivity index (χ1n) is 7.76. The van der Waals surface area contributed by atoms with E-state index in [-0.39, 0.29) is 17.3 Å². The van der Waals surface area contributed by atoms with Crippen molar-refractivity contribution in [2.45, 2.75) is 78.6 Å². The molecule has 0 radical (unpaired) electrons. The normalized spacial score (nSPS) is 10.2. The van der Waals surface area contributed by atoms with E-state index in [9.17, 15) is 14.4 Å². The molecular formula is C17H28O3. The van der Waals surface area contributed by atoms with E-state index in [4.69, 9.17) is 0 Å². The minimum Gasteiger partial charge on any atom is -0.299 e. The van der Waals surface area contributed by atoms with Crippen LogP contribution in [0, 0.1) is 0 Å². The van der Waals surface area contributed by atoms with Gasteiger partial charge in [0.05, 0.1) is 0 Å². The Kier molecular flexibility index (Phi) is 10.8. The van der Waals surface area contributed by atoms with E-state index in [0.29, 0.717) is 38.5 Å². The van der Waals surface area contributed by atoms with Crippen LogP contribution >= 0.6 is 0 Å². The SMILES string of the molecule is CCCC(=O)CC=C(CC(=O)CCC)CC(=O)CCC. The van der Waals surface area contributed by atoms with Crippen molar-refractivity contribution in [2.75, 3.05) is 0 Å². The average molecular weight is 280 g/mol. The number of Topliss-reactive ketones (excluding diaryl/α,β-unsaturated/α-hetero) is 3. The molecule has 0 aliphatic carbocycles. The monoisotopic (exact) mass is 280 g/mol. The second-order valence-corrected chi connectivity index (χ2v) is 5.29. The molecule has 0 saturated heterocycles. The summed E-state index contributed by atoms with van der Waals surface area (Å²) in [6, 6.07) is 0. The zero-order valence-corrected chi connectivity index (χ0v) is 13.2. The van der Waals surface area contributed by atoms with E-state index < -0.39 is 0 Å². The van der Waals surface area contributed by atoms with Gasteiger partial charge in [-0.2, -0.15) is 0 Å². The molecule has 3 nitrogen and oxygen atoms in total. The number of rotatable bonds is 12. The summed E-state index contributed by atoms with van der Waals surface area (Å²) in [6.07, 6.45) is 6.94. The molecule has 0 saturated carbocycles. The number of hydrogen-bond acceptors (Lipinski definition) is 3. The van der Waals surface area contributed by atoms with Crippen LogP contribution in [0.25, 0.3) is 0 Å². The molecule has 0 rings (SSSR count). The van der Waals surface area contributed by atoms with Crippen LogP contribution in [0.1, 0.15) is 78.6 Å². The molecule has 0 aliphatic heterocycles. The molecule has 0 heterocycles. The van der Waals surface area contributed by atoms with Crippen molar-refractivity contribution >= 4 is 17.3 Å². The molecule has 0 aromatic rings. The van der Waals surface area contributed by atoms with Gasteiger partial charge in [0, 0.05) is 38.5 Å². The Bertz CT molecular complexity index is 331. The van der Waals surface area contributed by atoms with Gasteiger partial charge in [-0.05, 0) is 19.3 Å². The third-order valence-corrected chi connectivity index (χ3v) is 3.05. The first-order valence-corrected chi connectivity index (χ1v) is 7.76. The second-order valence-electron chi connectivity index (χ2n) is 5.29. The summed E-state index contributed by atoms with van der Waals surface area (Å²) in [5.74, 6) is 0.493. The quantitative estimate of drug-likeness (QED) is 0.504. The van der Waals surface area contributed by atoms with Crippen molar-refractivity contribution in [1.29, 1.82) is 0 Å². The third-order valence-electron chi connectivity index (χ3n) is 3.05. The molecule has 20 heavy (non-hydrogen) atoms. The van der Waals surface area contributed by atoms with Crippen molar-refractivity contribution in [3.05, 3.63) is 11.6 Å². The summed E-state index contributed by atoms with van der Waals surface area (Å²) in [5, 5.41) is 0. The molecule has 3 heteroatoms. The van der Waals surface area contributed by atoms with Crippen LogP contribution in [0.15, 0.2) is 11.6 Å². The van der Waals surface area contributed by atoms with Gasteiger partial charge in [-0.15, -0.1) is 0 Å². The number of hydrogen-bond donors (Lipinski definition) is 0.